The van der Waals surface area contributed by atoms with Crippen molar-refractivity contribution >= 4 is 0 Å². The van der Waals surface area contributed by atoms with E-state index >= 15 is 0 Å². The molecule has 15 nitrogen and oxygen atoms in total. The van der Waals surface area contributed by atoms with Gasteiger partial charge in [0.15, 0.2) is 6.29 Å². The number of rotatable bonds is 14. The first-order chi connectivity index (χ1) is 19.1. The van der Waals surface area contributed by atoms with E-state index in [4.69, 9.17) is 35.5 Å². The molecule has 40 heavy (non-hydrogen) atoms. The summed E-state index contributed by atoms with van der Waals surface area (Å²) in [5, 5.41) is 70.4. The molecule has 1 saturated carbocycles. The number of hydrogen-bond acceptors (Lipinski definition) is 15. The summed E-state index contributed by atoms with van der Waals surface area (Å²) < 4.78 is 23.9. The zero-order valence-corrected chi connectivity index (χ0v) is 23.3. The highest BCUT2D eigenvalue weighted by atomic mass is 16.7. The smallest absolute Gasteiger partial charge is 0.215 e. The first-order valence-corrected chi connectivity index (χ1v) is 13.9. The molecule has 1 aliphatic carbocycles. The zero-order chi connectivity index (χ0) is 29.4. The second kappa shape index (κ2) is 15.5. The average molecular weight is 580 g/mol. The van der Waals surface area contributed by atoms with Gasteiger partial charge in [-0.05, 0) is 45.9 Å². The van der Waals surface area contributed by atoms with Crippen LogP contribution in [0.5, 0.6) is 0 Å². The Morgan fingerprint density at radius 3 is 2.42 bits per heavy atom. The van der Waals surface area contributed by atoms with Crippen molar-refractivity contribution in [3.8, 4) is 0 Å². The van der Waals surface area contributed by atoms with E-state index in [-0.39, 0.29) is 32.8 Å². The van der Waals surface area contributed by atoms with E-state index in [0.29, 0.717) is 31.7 Å². The minimum atomic E-state index is -1.36. The van der Waals surface area contributed by atoms with Crippen LogP contribution in [0.15, 0.2) is 11.8 Å². The molecule has 2 aliphatic heterocycles. The molecule has 0 aromatic rings. The Bertz CT molecular complexity index is 791. The lowest BCUT2D eigenvalue weighted by molar-refractivity contribution is -0.304. The highest BCUT2D eigenvalue weighted by molar-refractivity contribution is 5.05. The van der Waals surface area contributed by atoms with Crippen LogP contribution in [0.1, 0.15) is 26.2 Å². The van der Waals surface area contributed by atoms with Crippen molar-refractivity contribution in [1.29, 1.82) is 0 Å². The molecule has 11 atom stereocenters. The Hall–Kier alpha value is -1.02. The predicted octanol–water partition coefficient (Wildman–Crippen LogP) is -4.85. The van der Waals surface area contributed by atoms with Gasteiger partial charge in [0.1, 0.15) is 35.8 Å². The molecule has 0 aromatic carbocycles. The van der Waals surface area contributed by atoms with Crippen molar-refractivity contribution in [3.63, 3.8) is 0 Å². The molecule has 234 valence electrons. The fourth-order valence-corrected chi connectivity index (χ4v) is 5.42. The number of aliphatic hydroxyl groups excluding tert-OH is 5. The highest BCUT2D eigenvalue weighted by Gasteiger charge is 2.51. The van der Waals surface area contributed by atoms with Gasteiger partial charge in [0.25, 0.3) is 0 Å². The molecule has 0 bridgehead atoms. The third kappa shape index (κ3) is 8.29. The van der Waals surface area contributed by atoms with Crippen molar-refractivity contribution < 1.29 is 49.6 Å². The SMILES string of the molecule is CN[C@@H]1[C@@H](O)[C@@H](O[C@H]2[C@H](NC(CO)CO)C[C@H](N)C(O[C@H]3OC(CNCCCO)=CC[C@H]3N)[C@@H]2O)OC[C@]1(C)O. The van der Waals surface area contributed by atoms with Crippen LogP contribution in [0.4, 0.5) is 0 Å². The first kappa shape index (κ1) is 33.5. The Kier molecular flexibility index (Phi) is 12.9. The maximum Gasteiger partial charge on any atom is 0.215 e. The second-order valence-electron chi connectivity index (χ2n) is 11.0. The minimum absolute atomic E-state index is 0.0786. The predicted molar refractivity (Wildman–Crippen MR) is 143 cm³/mol. The third-order valence-corrected chi connectivity index (χ3v) is 7.68. The summed E-state index contributed by atoms with van der Waals surface area (Å²) in [4.78, 5) is 0. The van der Waals surface area contributed by atoms with Crippen molar-refractivity contribution in [2.24, 2.45) is 11.5 Å². The van der Waals surface area contributed by atoms with E-state index < -0.39 is 72.8 Å². The molecule has 3 rings (SSSR count). The van der Waals surface area contributed by atoms with Crippen LogP contribution in [0, 0.1) is 0 Å². The molecule has 2 heterocycles. The van der Waals surface area contributed by atoms with Gasteiger partial charge >= 0.3 is 0 Å². The molecule has 0 radical (unpaired) electrons. The average Bonchev–Trinajstić information content (AvgIpc) is 2.92. The molecule has 0 amide bonds. The van der Waals surface area contributed by atoms with Crippen LogP contribution in [-0.2, 0) is 18.9 Å². The van der Waals surface area contributed by atoms with E-state index in [9.17, 15) is 25.5 Å². The summed E-state index contributed by atoms with van der Waals surface area (Å²) in [6.45, 7) is 1.76. The molecule has 0 aromatic heterocycles. The van der Waals surface area contributed by atoms with Crippen molar-refractivity contribution in [3.05, 3.63) is 11.8 Å². The Balaban J connectivity index is 1.75. The van der Waals surface area contributed by atoms with E-state index in [1.165, 1.54) is 6.92 Å². The molecule has 1 unspecified atom stereocenters. The Morgan fingerprint density at radius 1 is 1.07 bits per heavy atom. The van der Waals surface area contributed by atoms with Crippen molar-refractivity contribution in [2.75, 3.05) is 46.6 Å². The van der Waals surface area contributed by atoms with E-state index in [2.05, 4.69) is 16.0 Å². The number of aliphatic hydroxyl groups is 6. The van der Waals surface area contributed by atoms with Gasteiger partial charge in [0, 0.05) is 18.7 Å². The monoisotopic (exact) mass is 579 g/mol. The van der Waals surface area contributed by atoms with E-state index in [0.717, 1.165) is 0 Å². The van der Waals surface area contributed by atoms with Gasteiger partial charge in [-0.1, -0.05) is 0 Å². The van der Waals surface area contributed by atoms with Crippen LogP contribution in [0.25, 0.3) is 0 Å². The molecule has 15 heteroatoms. The van der Waals surface area contributed by atoms with Crippen LogP contribution in [0.3, 0.4) is 0 Å². The number of ether oxygens (including phenoxy) is 4. The van der Waals surface area contributed by atoms with Crippen LogP contribution in [0.2, 0.25) is 0 Å². The summed E-state index contributed by atoms with van der Waals surface area (Å²) in [6.07, 6.45) is -3.64. The second-order valence-corrected chi connectivity index (χ2v) is 11.0. The largest absolute Gasteiger partial charge is 0.467 e. The standard InChI is InChI=1S/C25H49N5O10/c1-25(36)12-37-24(19(35)22(25)28-2)40-21-17(30-13(10-32)11-33)8-16(27)20(18(21)34)39-23-15(26)5-4-14(38-23)9-29-6-3-7-31/h4,13,15-24,28-36H,3,5-12,26-27H2,1-2H3/t15-,16+,17-,18+,19-,20?,21+,22-,23-,24-,25+/m1/s1. The van der Waals surface area contributed by atoms with Gasteiger partial charge in [0.05, 0.1) is 44.5 Å². The minimum Gasteiger partial charge on any atom is -0.467 e. The van der Waals surface area contributed by atoms with Gasteiger partial charge < -0.3 is 77.0 Å². The summed E-state index contributed by atoms with van der Waals surface area (Å²) in [5.74, 6) is 0.619. The molecular formula is C25H49N5O10. The summed E-state index contributed by atoms with van der Waals surface area (Å²) >= 11 is 0. The Labute approximate surface area is 234 Å². The topological polar surface area (TPSA) is 246 Å². The molecule has 2 fully saturated rings. The fourth-order valence-electron chi connectivity index (χ4n) is 5.42. The molecule has 0 spiro atoms. The summed E-state index contributed by atoms with van der Waals surface area (Å²) in [6, 6.07) is -3.38. The van der Waals surface area contributed by atoms with Crippen molar-refractivity contribution in [2.45, 2.75) is 99.0 Å². The lowest BCUT2D eigenvalue weighted by Gasteiger charge is -2.49. The fraction of sp³-hybridized carbons (Fsp3) is 0.920. The molecule has 13 N–H and O–H groups in total. The number of nitrogens with two attached hydrogens (primary N) is 2. The van der Waals surface area contributed by atoms with Crippen LogP contribution in [-0.4, -0.2) is 150 Å². The van der Waals surface area contributed by atoms with Gasteiger partial charge in [-0.15, -0.1) is 0 Å². The van der Waals surface area contributed by atoms with Gasteiger partial charge in [-0.3, -0.25) is 0 Å². The zero-order valence-electron chi connectivity index (χ0n) is 23.3. The molecule has 3 aliphatic rings. The molecular weight excluding hydrogens is 530 g/mol. The number of likely N-dealkylation sites (N-methyl/N-ethyl adjacent to an activating group) is 1. The lowest BCUT2D eigenvalue weighted by Crippen LogP contribution is -2.69. The number of nitrogens with one attached hydrogen (secondary N) is 3. The van der Waals surface area contributed by atoms with Crippen LogP contribution >= 0.6 is 0 Å². The quantitative estimate of drug-likeness (QED) is 0.0864. The molecule has 1 saturated heterocycles. The Morgan fingerprint density at radius 2 is 1.77 bits per heavy atom. The number of hydrogen-bond donors (Lipinski definition) is 11. The maximum atomic E-state index is 11.5. The normalized spacial score (nSPS) is 40.6. The van der Waals surface area contributed by atoms with E-state index in [1.807, 2.05) is 6.08 Å². The maximum absolute atomic E-state index is 11.5. The third-order valence-electron chi connectivity index (χ3n) is 7.68. The van der Waals surface area contributed by atoms with Gasteiger partial charge in [-0.2, -0.15) is 0 Å². The van der Waals surface area contributed by atoms with E-state index in [1.54, 1.807) is 7.05 Å². The summed E-state index contributed by atoms with van der Waals surface area (Å²) in [7, 11) is 1.60. The lowest BCUT2D eigenvalue weighted by atomic mass is 9.83. The van der Waals surface area contributed by atoms with Crippen LogP contribution < -0.4 is 27.4 Å². The van der Waals surface area contributed by atoms with Gasteiger partial charge in [-0.25, -0.2) is 0 Å². The first-order valence-electron chi connectivity index (χ1n) is 13.9. The van der Waals surface area contributed by atoms with Crippen molar-refractivity contribution in [1.82, 2.24) is 16.0 Å². The highest BCUT2D eigenvalue weighted by Crippen LogP contribution is 2.32. The summed E-state index contributed by atoms with van der Waals surface area (Å²) in [5.41, 5.74) is 11.3. The van der Waals surface area contributed by atoms with Gasteiger partial charge in [0.2, 0.25) is 6.29 Å².